The van der Waals surface area contributed by atoms with Crippen LogP contribution in [0.5, 0.6) is 0 Å². The van der Waals surface area contributed by atoms with E-state index in [-0.39, 0.29) is 0 Å². The largest absolute Gasteiger partial charge is 0.307 e. The van der Waals surface area contributed by atoms with Gasteiger partial charge in [-0.1, -0.05) is 32.6 Å². The molecule has 1 fully saturated rings. The molecule has 1 aliphatic carbocycles. The minimum absolute atomic E-state index is 1.06. The molecular formula is C10H21N. The summed E-state index contributed by atoms with van der Waals surface area (Å²) in [7, 11) is 2.22. The predicted octanol–water partition coefficient (Wildman–Crippen LogP) is 2.52. The van der Waals surface area contributed by atoms with Gasteiger partial charge in [0.2, 0.25) is 0 Å². The summed E-state index contributed by atoms with van der Waals surface area (Å²) in [6.45, 7) is 4.74. The molecule has 0 spiro atoms. The summed E-state index contributed by atoms with van der Waals surface area (Å²) in [5.74, 6) is 1.06. The molecule has 0 aromatic heterocycles. The first-order chi connectivity index (χ1) is 5.33. The Morgan fingerprint density at radius 3 is 2.45 bits per heavy atom. The lowest BCUT2D eigenvalue weighted by atomic mass is 10.0. The highest BCUT2D eigenvalue weighted by molar-refractivity contribution is 4.68. The fourth-order valence-corrected chi connectivity index (χ4v) is 1.86. The Morgan fingerprint density at radius 2 is 1.91 bits per heavy atom. The molecule has 0 radical (unpaired) electrons. The minimum Gasteiger partial charge on any atom is -0.307 e. The molecule has 0 unspecified atom stereocenters. The van der Waals surface area contributed by atoms with Gasteiger partial charge in [-0.25, -0.2) is 0 Å². The van der Waals surface area contributed by atoms with Crippen LogP contribution < -0.4 is 0 Å². The standard InChI is InChI=1S/C10H21N/c1-3-11(2)9-8-10-6-4-5-7-10/h10H,3-9H2,1-2H3. The van der Waals surface area contributed by atoms with Crippen LogP contribution in [0.15, 0.2) is 0 Å². The molecule has 0 aliphatic heterocycles. The van der Waals surface area contributed by atoms with Crippen LogP contribution >= 0.6 is 0 Å². The van der Waals surface area contributed by atoms with Crippen LogP contribution in [0, 0.1) is 5.92 Å². The molecule has 0 saturated heterocycles. The van der Waals surface area contributed by atoms with Gasteiger partial charge in [-0.15, -0.1) is 0 Å². The Hall–Kier alpha value is -0.0400. The lowest BCUT2D eigenvalue weighted by Crippen LogP contribution is -2.20. The SMILES string of the molecule is CCN(C)CCC1CCCC1. The molecule has 11 heavy (non-hydrogen) atoms. The number of nitrogens with zero attached hydrogens (tertiary/aromatic N) is 1. The maximum absolute atomic E-state index is 2.42. The monoisotopic (exact) mass is 155 g/mol. The summed E-state index contributed by atoms with van der Waals surface area (Å²) < 4.78 is 0. The van der Waals surface area contributed by atoms with E-state index in [1.807, 2.05) is 0 Å². The Bertz CT molecular complexity index is 95.0. The van der Waals surface area contributed by atoms with Crippen LogP contribution in [0.2, 0.25) is 0 Å². The van der Waals surface area contributed by atoms with Crippen molar-refractivity contribution in [2.45, 2.75) is 39.0 Å². The Balaban J connectivity index is 2.01. The highest BCUT2D eigenvalue weighted by Crippen LogP contribution is 2.27. The lowest BCUT2D eigenvalue weighted by molar-refractivity contribution is 0.314. The van der Waals surface area contributed by atoms with Crippen LogP contribution in [-0.2, 0) is 0 Å². The van der Waals surface area contributed by atoms with Crippen molar-refractivity contribution in [1.29, 1.82) is 0 Å². The molecule has 0 bridgehead atoms. The summed E-state index contributed by atoms with van der Waals surface area (Å²) in [4.78, 5) is 2.42. The van der Waals surface area contributed by atoms with Crippen LogP contribution in [0.1, 0.15) is 39.0 Å². The molecule has 1 aliphatic rings. The zero-order valence-corrected chi connectivity index (χ0v) is 7.97. The van der Waals surface area contributed by atoms with Gasteiger partial charge in [-0.2, -0.15) is 0 Å². The van der Waals surface area contributed by atoms with E-state index in [1.54, 1.807) is 0 Å². The van der Waals surface area contributed by atoms with Crippen LogP contribution in [0.25, 0.3) is 0 Å². The minimum atomic E-state index is 1.06. The maximum Gasteiger partial charge on any atom is -0.00193 e. The van der Waals surface area contributed by atoms with E-state index in [0.29, 0.717) is 0 Å². The molecule has 1 heteroatoms. The van der Waals surface area contributed by atoms with E-state index < -0.39 is 0 Å². The summed E-state index contributed by atoms with van der Waals surface area (Å²) in [6, 6.07) is 0. The van der Waals surface area contributed by atoms with Crippen molar-refractivity contribution >= 4 is 0 Å². The summed E-state index contributed by atoms with van der Waals surface area (Å²) in [6.07, 6.45) is 7.40. The molecule has 0 heterocycles. The molecule has 0 aromatic rings. The van der Waals surface area contributed by atoms with Gasteiger partial charge in [0, 0.05) is 0 Å². The first-order valence-electron chi connectivity index (χ1n) is 5.01. The van der Waals surface area contributed by atoms with Gasteiger partial charge in [-0.3, -0.25) is 0 Å². The maximum atomic E-state index is 2.42. The molecule has 0 amide bonds. The van der Waals surface area contributed by atoms with E-state index in [2.05, 4.69) is 18.9 Å². The molecule has 0 aromatic carbocycles. The number of hydrogen-bond donors (Lipinski definition) is 0. The Morgan fingerprint density at radius 1 is 1.27 bits per heavy atom. The normalized spacial score (nSPS) is 19.9. The average molecular weight is 155 g/mol. The van der Waals surface area contributed by atoms with Crippen molar-refractivity contribution in [3.05, 3.63) is 0 Å². The third kappa shape index (κ3) is 3.24. The van der Waals surface area contributed by atoms with E-state index in [1.165, 1.54) is 45.2 Å². The van der Waals surface area contributed by atoms with Gasteiger partial charge in [0.25, 0.3) is 0 Å². The molecular weight excluding hydrogens is 134 g/mol. The van der Waals surface area contributed by atoms with Crippen LogP contribution in [-0.4, -0.2) is 25.0 Å². The average Bonchev–Trinajstić information content (AvgIpc) is 2.52. The summed E-state index contributed by atoms with van der Waals surface area (Å²) in [5.41, 5.74) is 0. The Labute approximate surface area is 70.8 Å². The van der Waals surface area contributed by atoms with Gasteiger partial charge >= 0.3 is 0 Å². The lowest BCUT2D eigenvalue weighted by Gasteiger charge is -2.16. The number of rotatable bonds is 4. The fraction of sp³-hybridized carbons (Fsp3) is 1.00. The van der Waals surface area contributed by atoms with E-state index in [0.717, 1.165) is 5.92 Å². The third-order valence-electron chi connectivity index (χ3n) is 2.93. The second-order valence-corrected chi connectivity index (χ2v) is 3.84. The van der Waals surface area contributed by atoms with Crippen molar-refractivity contribution in [2.24, 2.45) is 5.92 Å². The predicted molar refractivity (Wildman–Crippen MR) is 49.7 cm³/mol. The van der Waals surface area contributed by atoms with E-state index in [9.17, 15) is 0 Å². The van der Waals surface area contributed by atoms with E-state index >= 15 is 0 Å². The highest BCUT2D eigenvalue weighted by Gasteiger charge is 2.14. The highest BCUT2D eigenvalue weighted by atomic mass is 15.1. The molecule has 0 atom stereocenters. The summed E-state index contributed by atoms with van der Waals surface area (Å²) in [5, 5.41) is 0. The first-order valence-corrected chi connectivity index (χ1v) is 5.01. The number of hydrogen-bond acceptors (Lipinski definition) is 1. The quantitative estimate of drug-likeness (QED) is 0.603. The van der Waals surface area contributed by atoms with Crippen LogP contribution in [0.4, 0.5) is 0 Å². The van der Waals surface area contributed by atoms with Crippen molar-refractivity contribution < 1.29 is 0 Å². The molecule has 1 saturated carbocycles. The second kappa shape index (κ2) is 4.76. The van der Waals surface area contributed by atoms with Crippen LogP contribution in [0.3, 0.4) is 0 Å². The topological polar surface area (TPSA) is 3.24 Å². The van der Waals surface area contributed by atoms with Crippen molar-refractivity contribution in [1.82, 2.24) is 4.90 Å². The fourth-order valence-electron chi connectivity index (χ4n) is 1.86. The zero-order chi connectivity index (χ0) is 8.10. The Kier molecular flexibility index (Phi) is 3.92. The van der Waals surface area contributed by atoms with Crippen molar-refractivity contribution in [3.63, 3.8) is 0 Å². The molecule has 66 valence electrons. The van der Waals surface area contributed by atoms with Gasteiger partial charge in [0.05, 0.1) is 0 Å². The molecule has 0 N–H and O–H groups in total. The molecule has 1 nitrogen and oxygen atoms in total. The summed E-state index contributed by atoms with van der Waals surface area (Å²) >= 11 is 0. The van der Waals surface area contributed by atoms with Crippen molar-refractivity contribution in [2.75, 3.05) is 20.1 Å². The van der Waals surface area contributed by atoms with Gasteiger partial charge in [0.15, 0.2) is 0 Å². The smallest absolute Gasteiger partial charge is 0.00193 e. The van der Waals surface area contributed by atoms with E-state index in [4.69, 9.17) is 0 Å². The second-order valence-electron chi connectivity index (χ2n) is 3.84. The van der Waals surface area contributed by atoms with Gasteiger partial charge in [-0.05, 0) is 32.5 Å². The van der Waals surface area contributed by atoms with Crippen molar-refractivity contribution in [3.8, 4) is 0 Å². The third-order valence-corrected chi connectivity index (χ3v) is 2.93. The van der Waals surface area contributed by atoms with Gasteiger partial charge in [0.1, 0.15) is 0 Å². The zero-order valence-electron chi connectivity index (χ0n) is 7.97. The molecule has 1 rings (SSSR count). The van der Waals surface area contributed by atoms with Gasteiger partial charge < -0.3 is 4.90 Å². The first kappa shape index (κ1) is 9.05.